The molecule has 1 rings (SSSR count). The average Bonchev–Trinajstić information content (AvgIpc) is 2.47. The van der Waals surface area contributed by atoms with Crippen LogP contribution in [-0.4, -0.2) is 33.3 Å². The van der Waals surface area contributed by atoms with Gasteiger partial charge in [-0.3, -0.25) is 4.79 Å². The molecule has 5 heteroatoms. The van der Waals surface area contributed by atoms with Crippen LogP contribution in [0.1, 0.15) is 17.5 Å². The van der Waals surface area contributed by atoms with Gasteiger partial charge in [-0.2, -0.15) is 0 Å². The molecule has 1 aromatic carbocycles. The Hall–Kier alpha value is -2.30. The topological polar surface area (TPSA) is 61.8 Å². The van der Waals surface area contributed by atoms with E-state index in [1.54, 1.807) is 19.3 Å². The van der Waals surface area contributed by atoms with Gasteiger partial charge in [0, 0.05) is 5.57 Å². The minimum atomic E-state index is -0.550. The molecule has 0 fully saturated rings. The molecule has 0 saturated carbocycles. The van der Waals surface area contributed by atoms with Crippen LogP contribution in [0.15, 0.2) is 23.8 Å². The summed E-state index contributed by atoms with van der Waals surface area (Å²) in [6, 6.07) is 5.44. The molecule has 108 valence electrons. The third kappa shape index (κ3) is 4.12. The molecular formula is C15H18O5. The molecule has 0 saturated heterocycles. The normalized spacial score (nSPS) is 10.9. The van der Waals surface area contributed by atoms with Gasteiger partial charge in [0.25, 0.3) is 0 Å². The molecule has 0 aliphatic rings. The zero-order chi connectivity index (χ0) is 15.1. The summed E-state index contributed by atoms with van der Waals surface area (Å²) in [4.78, 5) is 23.0. The zero-order valence-corrected chi connectivity index (χ0v) is 12.1. The molecule has 0 N–H and O–H groups in total. The summed E-state index contributed by atoms with van der Waals surface area (Å²) in [5.74, 6) is -0.314. The van der Waals surface area contributed by atoms with E-state index in [2.05, 4.69) is 9.47 Å². The molecule has 0 aliphatic carbocycles. The number of carbonyl (C=O) groups excluding carboxylic acids is 2. The first-order valence-corrected chi connectivity index (χ1v) is 6.02. The van der Waals surface area contributed by atoms with Crippen molar-refractivity contribution in [1.29, 1.82) is 0 Å². The van der Waals surface area contributed by atoms with Crippen molar-refractivity contribution in [2.75, 3.05) is 21.3 Å². The van der Waals surface area contributed by atoms with Gasteiger partial charge in [0.2, 0.25) is 0 Å². The molecule has 0 bridgehead atoms. The summed E-state index contributed by atoms with van der Waals surface area (Å²) in [5.41, 5.74) is 1.98. The Labute approximate surface area is 118 Å². The number of esters is 2. The fourth-order valence-corrected chi connectivity index (χ4v) is 1.67. The molecule has 0 radical (unpaired) electrons. The van der Waals surface area contributed by atoms with Crippen LogP contribution in [0.4, 0.5) is 0 Å². The van der Waals surface area contributed by atoms with Gasteiger partial charge in [0.05, 0.1) is 27.8 Å². The van der Waals surface area contributed by atoms with Crippen molar-refractivity contribution in [3.63, 3.8) is 0 Å². The van der Waals surface area contributed by atoms with Crippen molar-refractivity contribution in [3.05, 3.63) is 34.9 Å². The summed E-state index contributed by atoms with van der Waals surface area (Å²) in [6.07, 6.45) is 1.49. The quantitative estimate of drug-likeness (QED) is 0.610. The van der Waals surface area contributed by atoms with Gasteiger partial charge in [-0.25, -0.2) is 4.79 Å². The van der Waals surface area contributed by atoms with Crippen molar-refractivity contribution in [3.8, 4) is 5.75 Å². The maximum absolute atomic E-state index is 11.7. The minimum absolute atomic E-state index is 0.130. The van der Waals surface area contributed by atoms with Crippen molar-refractivity contribution < 1.29 is 23.8 Å². The van der Waals surface area contributed by atoms with Crippen LogP contribution < -0.4 is 4.74 Å². The fraction of sp³-hybridized carbons (Fsp3) is 0.333. The van der Waals surface area contributed by atoms with Crippen LogP contribution in [-0.2, 0) is 19.1 Å². The molecule has 0 heterocycles. The van der Waals surface area contributed by atoms with E-state index in [1.165, 1.54) is 14.2 Å². The summed E-state index contributed by atoms with van der Waals surface area (Å²) in [6.45, 7) is 1.89. The average molecular weight is 278 g/mol. The van der Waals surface area contributed by atoms with E-state index in [0.717, 1.165) is 16.9 Å². The number of rotatable bonds is 5. The van der Waals surface area contributed by atoms with Crippen LogP contribution >= 0.6 is 0 Å². The van der Waals surface area contributed by atoms with Gasteiger partial charge >= 0.3 is 11.9 Å². The van der Waals surface area contributed by atoms with Gasteiger partial charge in [0.15, 0.2) is 0 Å². The Morgan fingerprint density at radius 2 is 1.85 bits per heavy atom. The highest BCUT2D eigenvalue weighted by atomic mass is 16.5. The Morgan fingerprint density at radius 1 is 1.15 bits per heavy atom. The third-order valence-electron chi connectivity index (χ3n) is 2.82. The van der Waals surface area contributed by atoms with Gasteiger partial charge in [-0.15, -0.1) is 0 Å². The van der Waals surface area contributed by atoms with Crippen LogP contribution in [0.25, 0.3) is 6.08 Å². The second-order valence-corrected chi connectivity index (χ2v) is 4.14. The van der Waals surface area contributed by atoms with E-state index in [1.807, 2.05) is 19.1 Å². The number of benzene rings is 1. The van der Waals surface area contributed by atoms with Crippen molar-refractivity contribution in [2.45, 2.75) is 13.3 Å². The number of aryl methyl sites for hydroxylation is 1. The first kappa shape index (κ1) is 15.8. The number of methoxy groups -OCH3 is 3. The second-order valence-electron chi connectivity index (χ2n) is 4.14. The molecule has 0 aromatic heterocycles. The molecule has 1 aromatic rings. The number of hydrogen-bond donors (Lipinski definition) is 0. The monoisotopic (exact) mass is 278 g/mol. The summed E-state index contributed by atoms with van der Waals surface area (Å²) in [5, 5.41) is 0. The summed E-state index contributed by atoms with van der Waals surface area (Å²) in [7, 11) is 4.13. The minimum Gasteiger partial charge on any atom is -0.497 e. The largest absolute Gasteiger partial charge is 0.497 e. The lowest BCUT2D eigenvalue weighted by Gasteiger charge is -2.08. The Bertz CT molecular complexity index is 531. The fourth-order valence-electron chi connectivity index (χ4n) is 1.67. The first-order chi connectivity index (χ1) is 9.51. The van der Waals surface area contributed by atoms with Crippen molar-refractivity contribution in [1.82, 2.24) is 0 Å². The highest BCUT2D eigenvalue weighted by Gasteiger charge is 2.15. The molecule has 0 aliphatic heterocycles. The molecule has 0 amide bonds. The molecule has 0 atom stereocenters. The lowest BCUT2D eigenvalue weighted by molar-refractivity contribution is -0.143. The van der Waals surface area contributed by atoms with Crippen LogP contribution in [0.3, 0.4) is 0 Å². The van der Waals surface area contributed by atoms with E-state index in [-0.39, 0.29) is 12.0 Å². The lowest BCUT2D eigenvalue weighted by Crippen LogP contribution is -2.11. The van der Waals surface area contributed by atoms with Gasteiger partial charge < -0.3 is 14.2 Å². The Balaban J connectivity index is 3.12. The molecule has 0 spiro atoms. The van der Waals surface area contributed by atoms with Crippen LogP contribution in [0, 0.1) is 6.92 Å². The van der Waals surface area contributed by atoms with Crippen LogP contribution in [0.2, 0.25) is 0 Å². The summed E-state index contributed by atoms with van der Waals surface area (Å²) < 4.78 is 14.4. The Kier molecular flexibility index (Phi) is 5.77. The van der Waals surface area contributed by atoms with Crippen molar-refractivity contribution >= 4 is 18.0 Å². The van der Waals surface area contributed by atoms with Crippen molar-refractivity contribution in [2.24, 2.45) is 0 Å². The van der Waals surface area contributed by atoms with E-state index >= 15 is 0 Å². The molecule has 5 nitrogen and oxygen atoms in total. The van der Waals surface area contributed by atoms with Gasteiger partial charge in [-0.05, 0) is 36.3 Å². The van der Waals surface area contributed by atoms with E-state index in [9.17, 15) is 9.59 Å². The second kappa shape index (κ2) is 7.33. The Morgan fingerprint density at radius 3 is 2.35 bits per heavy atom. The predicted molar refractivity (Wildman–Crippen MR) is 74.4 cm³/mol. The highest BCUT2D eigenvalue weighted by molar-refractivity contribution is 5.98. The van der Waals surface area contributed by atoms with E-state index in [0.29, 0.717) is 0 Å². The standard InChI is InChI=1S/C15H18O5/c1-10-7-13(18-2)6-5-11(10)8-12(15(17)20-4)9-14(16)19-3/h5-8H,9H2,1-4H3. The molecule has 20 heavy (non-hydrogen) atoms. The molecular weight excluding hydrogens is 260 g/mol. The van der Waals surface area contributed by atoms with E-state index < -0.39 is 11.9 Å². The highest BCUT2D eigenvalue weighted by Crippen LogP contribution is 2.20. The smallest absolute Gasteiger partial charge is 0.334 e. The maximum Gasteiger partial charge on any atom is 0.334 e. The van der Waals surface area contributed by atoms with Crippen LogP contribution in [0.5, 0.6) is 5.75 Å². The van der Waals surface area contributed by atoms with E-state index in [4.69, 9.17) is 4.74 Å². The summed E-state index contributed by atoms with van der Waals surface area (Å²) >= 11 is 0. The first-order valence-electron chi connectivity index (χ1n) is 6.02. The maximum atomic E-state index is 11.7. The van der Waals surface area contributed by atoms with Gasteiger partial charge in [-0.1, -0.05) is 6.07 Å². The number of carbonyl (C=O) groups is 2. The number of ether oxygens (including phenoxy) is 3. The van der Waals surface area contributed by atoms with Gasteiger partial charge in [0.1, 0.15) is 5.75 Å². The molecule has 0 unspecified atom stereocenters. The third-order valence-corrected chi connectivity index (χ3v) is 2.82. The lowest BCUT2D eigenvalue weighted by atomic mass is 10.0. The zero-order valence-electron chi connectivity index (χ0n) is 12.1. The predicted octanol–water partition coefficient (Wildman–Crippen LogP) is 2.12. The SMILES string of the molecule is COC(=O)CC(=Cc1ccc(OC)cc1C)C(=O)OC. The number of hydrogen-bond acceptors (Lipinski definition) is 5.